The lowest BCUT2D eigenvalue weighted by Gasteiger charge is -2.23. The Morgan fingerprint density at radius 3 is 1.82 bits per heavy atom. The first kappa shape index (κ1) is 29.3. The van der Waals surface area contributed by atoms with E-state index in [0.717, 1.165) is 45.2 Å². The number of nitrogens with zero attached hydrogens (tertiary/aromatic N) is 1. The van der Waals surface area contributed by atoms with Crippen LogP contribution in [0.4, 0.5) is 11.4 Å². The van der Waals surface area contributed by atoms with Crippen LogP contribution in [0.5, 0.6) is 0 Å². The molecule has 0 aromatic heterocycles. The highest BCUT2D eigenvalue weighted by molar-refractivity contribution is 5.73. The van der Waals surface area contributed by atoms with Gasteiger partial charge in [0.15, 0.2) is 0 Å². The fourth-order valence-electron chi connectivity index (χ4n) is 4.07. The summed E-state index contributed by atoms with van der Waals surface area (Å²) in [5, 5.41) is 6.16. The first-order valence-corrected chi connectivity index (χ1v) is 13.1. The van der Waals surface area contributed by atoms with Crippen LogP contribution < -0.4 is 21.5 Å². The molecule has 0 spiro atoms. The minimum Gasteiger partial charge on any atom is -0.383 e. The van der Waals surface area contributed by atoms with Gasteiger partial charge in [0.2, 0.25) is 0 Å². The van der Waals surface area contributed by atoms with E-state index in [-0.39, 0.29) is 0 Å². The highest BCUT2D eigenvalue weighted by Crippen LogP contribution is 2.14. The van der Waals surface area contributed by atoms with Crippen molar-refractivity contribution >= 4 is 17.7 Å². The molecule has 2 N–H and O–H groups in total. The maximum atomic E-state index is 11.9. The van der Waals surface area contributed by atoms with Crippen molar-refractivity contribution in [3.05, 3.63) is 20.4 Å². The topological polar surface area (TPSA) is 87.7 Å². The smallest absolute Gasteiger partial charge is 0.253 e. The predicted octanol–water partition coefficient (Wildman–Crippen LogP) is 4.34. The van der Waals surface area contributed by atoms with Gasteiger partial charge in [-0.05, 0) is 45.3 Å². The van der Waals surface area contributed by atoms with Crippen molar-refractivity contribution in [3.8, 4) is 0 Å². The molecule has 1 aromatic carbocycles. The first-order chi connectivity index (χ1) is 16.2. The fraction of sp³-hybridized carbons (Fsp3) is 0.808. The molecular weight excluding hydrogens is 418 g/mol. The van der Waals surface area contributed by atoms with E-state index in [4.69, 9.17) is 4.74 Å². The Labute approximate surface area is 200 Å². The van der Waals surface area contributed by atoms with Crippen molar-refractivity contribution < 1.29 is 9.53 Å². The van der Waals surface area contributed by atoms with Crippen molar-refractivity contribution in [3.63, 3.8) is 0 Å². The number of carbonyl (C=O) groups excluding carboxylic acids is 1. The van der Waals surface area contributed by atoms with E-state index < -0.39 is 10.9 Å². The highest BCUT2D eigenvalue weighted by atomic mass is 16.5. The zero-order valence-electron chi connectivity index (χ0n) is 21.1. The van der Waals surface area contributed by atoms with Gasteiger partial charge in [-0.15, -0.1) is 0 Å². The van der Waals surface area contributed by atoms with Crippen LogP contribution in [0.1, 0.15) is 90.4 Å². The minimum atomic E-state index is -0.438. The van der Waals surface area contributed by atoms with Crippen molar-refractivity contribution in [2.24, 2.45) is 0 Å². The van der Waals surface area contributed by atoms with E-state index in [2.05, 4.69) is 22.5 Å². The van der Waals surface area contributed by atoms with Crippen molar-refractivity contribution in [2.75, 3.05) is 57.1 Å². The maximum Gasteiger partial charge on any atom is 0.253 e. The molecule has 0 saturated heterocycles. The van der Waals surface area contributed by atoms with E-state index >= 15 is 0 Å². The van der Waals surface area contributed by atoms with Crippen LogP contribution in [-0.4, -0.2) is 57.6 Å². The molecule has 0 aliphatic rings. The second-order valence-electron chi connectivity index (χ2n) is 8.94. The van der Waals surface area contributed by atoms with Crippen LogP contribution in [0.15, 0.2) is 9.59 Å². The molecule has 0 radical (unpaired) electrons. The highest BCUT2D eigenvalue weighted by Gasteiger charge is 2.19. The Balaban J connectivity index is 2.35. The third-order valence-corrected chi connectivity index (χ3v) is 6.10. The number of unbranched alkanes of at least 4 members (excludes halogenated alkanes) is 10. The fourth-order valence-corrected chi connectivity index (χ4v) is 4.07. The van der Waals surface area contributed by atoms with Gasteiger partial charge in [-0.1, -0.05) is 58.3 Å². The van der Waals surface area contributed by atoms with Gasteiger partial charge in [-0.3, -0.25) is 9.59 Å². The van der Waals surface area contributed by atoms with Crippen molar-refractivity contribution in [1.29, 1.82) is 0 Å². The summed E-state index contributed by atoms with van der Waals surface area (Å²) in [7, 11) is 1.60. The lowest BCUT2D eigenvalue weighted by atomic mass is 10.1. The van der Waals surface area contributed by atoms with Gasteiger partial charge < -0.3 is 25.1 Å². The molecule has 0 atom stereocenters. The van der Waals surface area contributed by atoms with Gasteiger partial charge in [-0.2, -0.15) is 0 Å². The Morgan fingerprint density at radius 1 is 0.727 bits per heavy atom. The summed E-state index contributed by atoms with van der Waals surface area (Å²) in [5.41, 5.74) is -0.0376. The third-order valence-electron chi connectivity index (χ3n) is 6.10. The van der Waals surface area contributed by atoms with Crippen LogP contribution in [0.25, 0.3) is 0 Å². The van der Waals surface area contributed by atoms with E-state index in [9.17, 15) is 14.4 Å². The number of hydrogen-bond acceptors (Lipinski definition) is 7. The Hall–Kier alpha value is -1.73. The number of aldehydes is 1. The number of hydrogen-bond donors (Lipinski definition) is 2. The van der Waals surface area contributed by atoms with E-state index in [1.807, 2.05) is 0 Å². The SMILES string of the molecule is CCCCCCCCN(CCCCCCCC=O)CCCNc1c(NCCOC)c(=O)c1=O. The molecule has 0 amide bonds. The molecule has 0 saturated carbocycles. The van der Waals surface area contributed by atoms with Gasteiger partial charge in [0, 0.05) is 26.6 Å². The molecule has 1 aromatic rings. The molecule has 1 rings (SSSR count). The summed E-state index contributed by atoms with van der Waals surface area (Å²) < 4.78 is 4.99. The van der Waals surface area contributed by atoms with Gasteiger partial charge in [0.1, 0.15) is 17.7 Å². The Morgan fingerprint density at radius 2 is 1.24 bits per heavy atom. The van der Waals surface area contributed by atoms with Crippen LogP contribution >= 0.6 is 0 Å². The Bertz CT molecular complexity index is 685. The summed E-state index contributed by atoms with van der Waals surface area (Å²) in [6, 6.07) is 0. The molecular formula is C26H47N3O4. The lowest BCUT2D eigenvalue weighted by molar-refractivity contribution is -0.107. The molecule has 7 nitrogen and oxygen atoms in total. The van der Waals surface area contributed by atoms with Gasteiger partial charge in [0.05, 0.1) is 6.61 Å². The number of carbonyl (C=O) groups is 1. The first-order valence-electron chi connectivity index (χ1n) is 13.1. The van der Waals surface area contributed by atoms with Crippen LogP contribution in [-0.2, 0) is 9.53 Å². The summed E-state index contributed by atoms with van der Waals surface area (Å²) >= 11 is 0. The summed E-state index contributed by atoms with van der Waals surface area (Å²) in [6.45, 7) is 7.15. The van der Waals surface area contributed by atoms with Crippen LogP contribution in [0, 0.1) is 0 Å². The molecule has 0 fully saturated rings. The normalized spacial score (nSPS) is 11.4. The molecule has 0 aliphatic heterocycles. The quantitative estimate of drug-likeness (QED) is 0.133. The summed E-state index contributed by atoms with van der Waals surface area (Å²) in [4.78, 5) is 36.6. The summed E-state index contributed by atoms with van der Waals surface area (Å²) in [6.07, 6.45) is 16.2. The zero-order chi connectivity index (χ0) is 24.2. The number of nitrogens with one attached hydrogen (secondary N) is 2. The third kappa shape index (κ3) is 12.9. The monoisotopic (exact) mass is 465 g/mol. The van der Waals surface area contributed by atoms with E-state index in [0.29, 0.717) is 37.5 Å². The van der Waals surface area contributed by atoms with Crippen molar-refractivity contribution in [2.45, 2.75) is 90.4 Å². The molecule has 33 heavy (non-hydrogen) atoms. The molecule has 0 aliphatic carbocycles. The summed E-state index contributed by atoms with van der Waals surface area (Å²) in [5.74, 6) is 0. The zero-order valence-corrected chi connectivity index (χ0v) is 21.1. The van der Waals surface area contributed by atoms with E-state index in [1.54, 1.807) is 7.11 Å². The number of ether oxygens (including phenoxy) is 1. The second kappa shape index (κ2) is 19.7. The van der Waals surface area contributed by atoms with Crippen LogP contribution in [0.3, 0.4) is 0 Å². The number of methoxy groups -OCH3 is 1. The average molecular weight is 466 g/mol. The van der Waals surface area contributed by atoms with Gasteiger partial charge in [-0.25, -0.2) is 0 Å². The standard InChI is InChI=1S/C26H47N3O4/c1-3-4-5-6-9-12-18-29(19-13-10-7-8-11-14-21-30)20-15-16-27-23-24(26(32)25(23)31)28-17-22-33-2/h21,27-28H,3-20,22H2,1-2H3. The molecule has 190 valence electrons. The largest absolute Gasteiger partial charge is 0.383 e. The molecule has 7 heteroatoms. The van der Waals surface area contributed by atoms with Gasteiger partial charge >= 0.3 is 0 Å². The number of anilines is 2. The second-order valence-corrected chi connectivity index (χ2v) is 8.94. The molecule has 0 heterocycles. The van der Waals surface area contributed by atoms with Gasteiger partial charge in [0.25, 0.3) is 10.9 Å². The predicted molar refractivity (Wildman–Crippen MR) is 138 cm³/mol. The average Bonchev–Trinajstić information content (AvgIpc) is 2.83. The van der Waals surface area contributed by atoms with E-state index in [1.165, 1.54) is 57.8 Å². The number of rotatable bonds is 24. The van der Waals surface area contributed by atoms with Crippen LogP contribution in [0.2, 0.25) is 0 Å². The molecule has 0 unspecified atom stereocenters. The lowest BCUT2D eigenvalue weighted by Crippen LogP contribution is -2.38. The van der Waals surface area contributed by atoms with Crippen molar-refractivity contribution in [1.82, 2.24) is 4.90 Å². The Kier molecular flexibility index (Phi) is 17.5. The minimum absolute atomic E-state index is 0.399. The molecule has 0 bridgehead atoms. The maximum absolute atomic E-state index is 11.9.